The first-order valence-corrected chi connectivity index (χ1v) is 11.8. The molecule has 3 heterocycles. The molecule has 0 bridgehead atoms. The van der Waals surface area contributed by atoms with Crippen LogP contribution in [0, 0.1) is 0 Å². The van der Waals surface area contributed by atoms with E-state index in [-0.39, 0.29) is 32.2 Å². The van der Waals surface area contributed by atoms with Gasteiger partial charge in [0.15, 0.2) is 0 Å². The number of nitrogens with zero attached hydrogens (tertiary/aromatic N) is 2. The molecule has 37 heavy (non-hydrogen) atoms. The quantitative estimate of drug-likeness (QED) is 0.527. The molecule has 12 heteroatoms. The van der Waals surface area contributed by atoms with E-state index in [9.17, 15) is 31.1 Å². The largest absolute Gasteiger partial charge is 0.493 e. The smallest absolute Gasteiger partial charge is 0.434 e. The summed E-state index contributed by atoms with van der Waals surface area (Å²) in [5, 5.41) is 0. The predicted octanol–water partition coefficient (Wildman–Crippen LogP) is 4.89. The molecule has 0 saturated carbocycles. The van der Waals surface area contributed by atoms with Crippen LogP contribution in [0.1, 0.15) is 28.3 Å². The highest BCUT2D eigenvalue weighted by molar-refractivity contribution is 5.68. The molecule has 0 aromatic heterocycles. The summed E-state index contributed by atoms with van der Waals surface area (Å²) in [5.74, 6) is 1.64. The second-order valence-electron chi connectivity index (χ2n) is 9.20. The minimum absolute atomic E-state index is 0.0835. The van der Waals surface area contributed by atoms with E-state index in [2.05, 4.69) is 21.8 Å². The van der Waals surface area contributed by atoms with Crippen molar-refractivity contribution in [3.05, 3.63) is 58.7 Å². The first-order valence-electron chi connectivity index (χ1n) is 11.8. The van der Waals surface area contributed by atoms with Crippen LogP contribution >= 0.6 is 0 Å². The summed E-state index contributed by atoms with van der Waals surface area (Å²) in [4.78, 5) is 15.2. The van der Waals surface area contributed by atoms with Crippen molar-refractivity contribution in [2.45, 2.75) is 37.3 Å². The zero-order valence-electron chi connectivity index (χ0n) is 19.6. The maximum Gasteiger partial charge on any atom is 0.434 e. The van der Waals surface area contributed by atoms with Gasteiger partial charge in [-0.15, -0.1) is 0 Å². The van der Waals surface area contributed by atoms with Crippen LogP contribution in [0.5, 0.6) is 11.5 Å². The number of fused-ring (bicyclic) bond motifs is 2. The van der Waals surface area contributed by atoms with Crippen LogP contribution in [0.25, 0.3) is 0 Å². The minimum atomic E-state index is -5.75. The van der Waals surface area contributed by atoms with E-state index >= 15 is 0 Å². The van der Waals surface area contributed by atoms with Crippen LogP contribution in [0.15, 0.2) is 36.4 Å². The molecular formula is C25H24F6N2O4. The second-order valence-corrected chi connectivity index (χ2v) is 9.20. The Hall–Kier alpha value is -3.15. The molecule has 200 valence electrons. The van der Waals surface area contributed by atoms with Crippen molar-refractivity contribution >= 4 is 6.09 Å². The zero-order chi connectivity index (χ0) is 26.4. The highest BCUT2D eigenvalue weighted by atomic mass is 19.4. The summed E-state index contributed by atoms with van der Waals surface area (Å²) < 4.78 is 92.1. The highest BCUT2D eigenvalue weighted by Gasteiger charge is 2.60. The van der Waals surface area contributed by atoms with Crippen LogP contribution in [0.3, 0.4) is 0 Å². The van der Waals surface area contributed by atoms with Crippen molar-refractivity contribution in [1.29, 1.82) is 0 Å². The Labute approximate surface area is 208 Å². The van der Waals surface area contributed by atoms with E-state index in [4.69, 9.17) is 9.47 Å². The number of rotatable bonds is 4. The van der Waals surface area contributed by atoms with E-state index in [0.717, 1.165) is 51.5 Å². The van der Waals surface area contributed by atoms with Crippen LogP contribution in [0.2, 0.25) is 0 Å². The lowest BCUT2D eigenvalue weighted by Crippen LogP contribution is -2.53. The summed E-state index contributed by atoms with van der Waals surface area (Å²) in [6.07, 6.45) is -15.8. The SMILES string of the molecule is O=C(OC(C(F)(F)F)C(F)(F)F)N1CCN(C(c2ccc3c(c2)CCO3)c2ccc3c(c2)CCO3)CC1. The lowest BCUT2D eigenvalue weighted by atomic mass is 9.93. The number of amides is 1. The Morgan fingerprint density at radius 3 is 1.73 bits per heavy atom. The summed E-state index contributed by atoms with van der Waals surface area (Å²) in [6.45, 7) is 1.47. The molecule has 3 aliphatic rings. The summed E-state index contributed by atoms with van der Waals surface area (Å²) in [7, 11) is 0. The van der Waals surface area contributed by atoms with Gasteiger partial charge in [-0.2, -0.15) is 26.3 Å². The van der Waals surface area contributed by atoms with Gasteiger partial charge >= 0.3 is 18.4 Å². The molecule has 1 fully saturated rings. The fourth-order valence-electron chi connectivity index (χ4n) is 5.02. The van der Waals surface area contributed by atoms with Gasteiger partial charge in [-0.05, 0) is 34.4 Å². The lowest BCUT2D eigenvalue weighted by Gasteiger charge is -2.40. The highest BCUT2D eigenvalue weighted by Crippen LogP contribution is 2.38. The Balaban J connectivity index is 1.35. The number of piperazine rings is 1. The molecule has 6 nitrogen and oxygen atoms in total. The minimum Gasteiger partial charge on any atom is -0.493 e. The van der Waals surface area contributed by atoms with E-state index < -0.39 is 24.5 Å². The number of carbonyl (C=O) groups is 1. The summed E-state index contributed by atoms with van der Waals surface area (Å²) in [5.41, 5.74) is 4.10. The molecule has 0 aliphatic carbocycles. The first-order chi connectivity index (χ1) is 17.5. The molecule has 2 aromatic rings. The van der Waals surface area contributed by atoms with Gasteiger partial charge in [0.05, 0.1) is 19.3 Å². The normalized spacial score (nSPS) is 18.0. The van der Waals surface area contributed by atoms with Crippen LogP contribution < -0.4 is 9.47 Å². The van der Waals surface area contributed by atoms with Crippen molar-refractivity contribution < 1.29 is 45.3 Å². The third-order valence-electron chi connectivity index (χ3n) is 6.81. The maximum absolute atomic E-state index is 12.8. The van der Waals surface area contributed by atoms with Crippen LogP contribution in [-0.4, -0.2) is 73.7 Å². The predicted molar refractivity (Wildman–Crippen MR) is 119 cm³/mol. The van der Waals surface area contributed by atoms with Gasteiger partial charge < -0.3 is 19.1 Å². The Kier molecular flexibility index (Phi) is 6.63. The van der Waals surface area contributed by atoms with Gasteiger partial charge in [0.2, 0.25) is 0 Å². The molecule has 3 aliphatic heterocycles. The Bertz CT molecular complexity index is 1090. The average molecular weight is 530 g/mol. The van der Waals surface area contributed by atoms with Gasteiger partial charge in [-0.25, -0.2) is 4.79 Å². The zero-order valence-corrected chi connectivity index (χ0v) is 19.6. The molecular weight excluding hydrogens is 506 g/mol. The molecule has 1 amide bonds. The fourth-order valence-corrected chi connectivity index (χ4v) is 5.02. The first kappa shape index (κ1) is 25.5. The van der Waals surface area contributed by atoms with Crippen LogP contribution in [-0.2, 0) is 17.6 Å². The molecule has 1 saturated heterocycles. The number of carbonyl (C=O) groups excluding carboxylic acids is 1. The third-order valence-corrected chi connectivity index (χ3v) is 6.81. The molecule has 0 atom stereocenters. The van der Waals surface area contributed by atoms with Crippen LogP contribution in [0.4, 0.5) is 31.1 Å². The fraction of sp³-hybridized carbons (Fsp3) is 0.480. The topological polar surface area (TPSA) is 51.2 Å². The Morgan fingerprint density at radius 1 is 0.784 bits per heavy atom. The van der Waals surface area contributed by atoms with Crippen molar-refractivity contribution in [3.63, 3.8) is 0 Å². The monoisotopic (exact) mass is 530 g/mol. The number of hydrogen-bond donors (Lipinski definition) is 0. The molecule has 2 aromatic carbocycles. The molecule has 0 unspecified atom stereocenters. The molecule has 5 rings (SSSR count). The summed E-state index contributed by atoms with van der Waals surface area (Å²) in [6, 6.07) is 11.6. The van der Waals surface area contributed by atoms with Gasteiger partial charge in [0.1, 0.15) is 11.5 Å². The maximum atomic E-state index is 12.8. The molecule has 0 spiro atoms. The van der Waals surface area contributed by atoms with Crippen molar-refractivity contribution in [2.75, 3.05) is 39.4 Å². The summed E-state index contributed by atoms with van der Waals surface area (Å²) >= 11 is 0. The second kappa shape index (κ2) is 9.62. The van der Waals surface area contributed by atoms with Gasteiger partial charge in [-0.3, -0.25) is 4.90 Å². The van der Waals surface area contributed by atoms with E-state index in [0.29, 0.717) is 13.2 Å². The number of hydrogen-bond acceptors (Lipinski definition) is 5. The van der Waals surface area contributed by atoms with Crippen molar-refractivity contribution in [2.24, 2.45) is 0 Å². The molecule has 0 radical (unpaired) electrons. The lowest BCUT2D eigenvalue weighted by molar-refractivity contribution is -0.308. The van der Waals surface area contributed by atoms with Gasteiger partial charge in [0, 0.05) is 39.0 Å². The van der Waals surface area contributed by atoms with Crippen molar-refractivity contribution in [1.82, 2.24) is 9.80 Å². The third kappa shape index (κ3) is 5.29. The number of ether oxygens (including phenoxy) is 3. The Morgan fingerprint density at radius 2 is 1.27 bits per heavy atom. The van der Waals surface area contributed by atoms with E-state index in [1.807, 2.05) is 24.3 Å². The van der Waals surface area contributed by atoms with Gasteiger partial charge in [0.25, 0.3) is 6.10 Å². The standard InChI is InChI=1S/C25H24F6N2O4/c26-24(27,28)22(25(29,30)31)37-23(34)33-9-7-32(8-10-33)21(17-1-3-19-15(13-17)5-11-35-19)18-2-4-20-16(14-18)6-12-36-20/h1-4,13-14,21-22H,5-12H2. The number of halogens is 6. The van der Waals surface area contributed by atoms with E-state index in [1.165, 1.54) is 0 Å². The average Bonchev–Trinajstić information content (AvgIpc) is 3.50. The van der Waals surface area contributed by atoms with Gasteiger partial charge in [-0.1, -0.05) is 24.3 Å². The van der Waals surface area contributed by atoms with Crippen molar-refractivity contribution in [3.8, 4) is 11.5 Å². The number of alkyl halides is 6. The molecule has 0 N–H and O–H groups in total. The number of benzene rings is 2. The van der Waals surface area contributed by atoms with E-state index in [1.54, 1.807) is 0 Å².